The van der Waals surface area contributed by atoms with Gasteiger partial charge in [-0.15, -0.1) is 0 Å². The van der Waals surface area contributed by atoms with E-state index in [2.05, 4.69) is 19.9 Å². The highest BCUT2D eigenvalue weighted by Gasteiger charge is 2.55. The molecule has 2 saturated heterocycles. The van der Waals surface area contributed by atoms with Crippen LogP contribution in [-0.4, -0.2) is 41.6 Å². The molecule has 0 unspecified atom stereocenters. The lowest BCUT2D eigenvalue weighted by atomic mass is 9.68. The minimum Gasteiger partial charge on any atom is -0.507 e. The van der Waals surface area contributed by atoms with Gasteiger partial charge in [-0.05, 0) is 43.7 Å². The van der Waals surface area contributed by atoms with Crippen molar-refractivity contribution in [2.45, 2.75) is 64.9 Å². The van der Waals surface area contributed by atoms with Gasteiger partial charge in [0.15, 0.2) is 0 Å². The summed E-state index contributed by atoms with van der Waals surface area (Å²) in [5.74, 6) is -0.168. The maximum Gasteiger partial charge on any atom is 0.233 e. The van der Waals surface area contributed by atoms with E-state index in [1.165, 1.54) is 21.6 Å². The first kappa shape index (κ1) is 22.8. The molecule has 4 atom stereocenters. The number of nitrogens with zero attached hydrogens (tertiary/aromatic N) is 1. The lowest BCUT2D eigenvalue weighted by molar-refractivity contribution is -0.138. The Morgan fingerprint density at radius 2 is 1.91 bits per heavy atom. The van der Waals surface area contributed by atoms with Crippen molar-refractivity contribution in [3.63, 3.8) is 0 Å². The summed E-state index contributed by atoms with van der Waals surface area (Å²) in [6.07, 6.45) is 8.61. The molecule has 1 aromatic rings. The van der Waals surface area contributed by atoms with Crippen molar-refractivity contribution >= 4 is 17.9 Å². The number of ether oxygens (including phenoxy) is 1. The molecule has 2 fully saturated rings. The maximum absolute atomic E-state index is 12.8. The summed E-state index contributed by atoms with van der Waals surface area (Å²) in [5.41, 5.74) is 4.81. The van der Waals surface area contributed by atoms with Crippen LogP contribution in [0.1, 0.15) is 64.4 Å². The van der Waals surface area contributed by atoms with Crippen LogP contribution in [0.25, 0.3) is 6.08 Å². The normalized spacial score (nSPS) is 27.8. The van der Waals surface area contributed by atoms with Crippen molar-refractivity contribution in [3.8, 4) is 5.75 Å². The molecule has 1 aliphatic carbocycles. The van der Waals surface area contributed by atoms with E-state index in [0.29, 0.717) is 18.8 Å². The van der Waals surface area contributed by atoms with Crippen LogP contribution >= 0.6 is 0 Å². The lowest BCUT2D eigenvalue weighted by Gasteiger charge is -2.32. The zero-order valence-corrected chi connectivity index (χ0v) is 19.5. The summed E-state index contributed by atoms with van der Waals surface area (Å²) >= 11 is 0. The summed E-state index contributed by atoms with van der Waals surface area (Å²) in [6, 6.07) is 7.44. The number of hydrogen-bond donors (Lipinski definition) is 1. The monoisotopic (exact) mass is 437 g/mol. The number of para-hydroxylation sites is 1. The second-order valence-electron chi connectivity index (χ2n) is 9.46. The third kappa shape index (κ3) is 4.15. The molecular weight excluding hydrogens is 402 g/mol. The van der Waals surface area contributed by atoms with Crippen molar-refractivity contribution in [1.29, 1.82) is 0 Å². The van der Waals surface area contributed by atoms with Crippen LogP contribution in [0.5, 0.6) is 5.75 Å². The summed E-state index contributed by atoms with van der Waals surface area (Å²) in [5, 5.41) is 10.2. The Labute approximate surface area is 191 Å². The van der Waals surface area contributed by atoms with Gasteiger partial charge in [-0.3, -0.25) is 14.5 Å². The number of rotatable bonds is 8. The number of carbonyl (C=O) groups is 2. The van der Waals surface area contributed by atoms with Gasteiger partial charge >= 0.3 is 0 Å². The topological polar surface area (TPSA) is 66.8 Å². The van der Waals surface area contributed by atoms with Gasteiger partial charge < -0.3 is 9.84 Å². The smallest absolute Gasteiger partial charge is 0.233 e. The van der Waals surface area contributed by atoms with Gasteiger partial charge in [-0.25, -0.2) is 0 Å². The SMILES string of the molecule is CCCC1=C2[C@@H](CC/C(=C/c3ccccc3O)CCC)OC[C@@H]2[C@@H]2C(=O)N(C)C(=O)[C@@H]2C1. The average Bonchev–Trinajstić information content (AvgIpc) is 3.29. The number of carbonyl (C=O) groups excluding carboxylic acids is 2. The molecule has 2 amide bonds. The van der Waals surface area contributed by atoms with Gasteiger partial charge in [0.25, 0.3) is 0 Å². The molecule has 0 spiro atoms. The summed E-state index contributed by atoms with van der Waals surface area (Å²) in [7, 11) is 1.62. The molecule has 3 aliphatic rings. The molecule has 2 aliphatic heterocycles. The summed E-state index contributed by atoms with van der Waals surface area (Å²) in [4.78, 5) is 26.9. The quantitative estimate of drug-likeness (QED) is 0.454. The molecule has 0 bridgehead atoms. The Bertz CT molecular complexity index is 947. The molecule has 1 N–H and O–H groups in total. The number of benzene rings is 1. The Morgan fingerprint density at radius 1 is 1.12 bits per heavy atom. The fourth-order valence-corrected chi connectivity index (χ4v) is 5.91. The number of fused-ring (bicyclic) bond motifs is 3. The number of amides is 2. The van der Waals surface area contributed by atoms with E-state index in [-0.39, 0.29) is 35.7 Å². The minimum absolute atomic E-state index is 0.0148. The molecule has 4 rings (SSSR count). The molecule has 0 radical (unpaired) electrons. The van der Waals surface area contributed by atoms with Gasteiger partial charge in [-0.1, -0.05) is 62.1 Å². The zero-order chi connectivity index (χ0) is 22.8. The molecule has 0 aromatic heterocycles. The Morgan fingerprint density at radius 3 is 2.62 bits per heavy atom. The largest absolute Gasteiger partial charge is 0.507 e. The second-order valence-corrected chi connectivity index (χ2v) is 9.46. The Kier molecular flexibility index (Phi) is 6.85. The van der Waals surface area contributed by atoms with Crippen LogP contribution in [0.15, 0.2) is 41.0 Å². The first-order valence-electron chi connectivity index (χ1n) is 12.1. The van der Waals surface area contributed by atoms with Crippen molar-refractivity contribution in [2.75, 3.05) is 13.7 Å². The zero-order valence-electron chi connectivity index (χ0n) is 19.5. The highest BCUT2D eigenvalue weighted by atomic mass is 16.5. The van der Waals surface area contributed by atoms with Gasteiger partial charge in [-0.2, -0.15) is 0 Å². The van der Waals surface area contributed by atoms with Crippen LogP contribution in [-0.2, 0) is 14.3 Å². The molecule has 2 heterocycles. The number of phenols is 1. The number of imide groups is 1. The molecule has 32 heavy (non-hydrogen) atoms. The van der Waals surface area contributed by atoms with Gasteiger partial charge in [0.2, 0.25) is 11.8 Å². The van der Waals surface area contributed by atoms with E-state index in [4.69, 9.17) is 4.74 Å². The Hall–Kier alpha value is -2.40. The molecular formula is C27H35NO4. The van der Waals surface area contributed by atoms with Gasteiger partial charge in [0, 0.05) is 18.5 Å². The highest BCUT2D eigenvalue weighted by molar-refractivity contribution is 6.05. The van der Waals surface area contributed by atoms with Crippen molar-refractivity contribution < 1.29 is 19.4 Å². The van der Waals surface area contributed by atoms with Crippen LogP contribution in [0, 0.1) is 17.8 Å². The van der Waals surface area contributed by atoms with E-state index in [9.17, 15) is 14.7 Å². The maximum atomic E-state index is 12.8. The minimum atomic E-state index is -0.250. The van der Waals surface area contributed by atoms with Gasteiger partial charge in [0.05, 0.1) is 24.5 Å². The van der Waals surface area contributed by atoms with Crippen LogP contribution < -0.4 is 0 Å². The summed E-state index contributed by atoms with van der Waals surface area (Å²) < 4.78 is 6.29. The molecule has 172 valence electrons. The third-order valence-electron chi connectivity index (χ3n) is 7.38. The first-order valence-corrected chi connectivity index (χ1v) is 12.1. The standard InChI is InChI=1S/C27H35NO4/c1-4-8-17(14-18-10-6-7-11-22(18)29)12-13-23-24-19(9-5-2)15-20-25(21(24)16-32-23)27(31)28(3)26(20)30/h6-7,10-11,14,20-21,23,25,29H,4-5,8-9,12-13,15-16H2,1-3H3/b17-14+/t20-,21+,23-,25-/m1/s1. The molecule has 0 saturated carbocycles. The summed E-state index contributed by atoms with van der Waals surface area (Å²) in [6.45, 7) is 4.87. The highest BCUT2D eigenvalue weighted by Crippen LogP contribution is 2.50. The van der Waals surface area contributed by atoms with E-state index in [0.717, 1.165) is 44.1 Å². The van der Waals surface area contributed by atoms with Crippen LogP contribution in [0.2, 0.25) is 0 Å². The third-order valence-corrected chi connectivity index (χ3v) is 7.38. The first-order chi connectivity index (χ1) is 15.5. The number of aromatic hydroxyl groups is 1. The van der Waals surface area contributed by atoms with Gasteiger partial charge in [0.1, 0.15) is 5.75 Å². The van der Waals surface area contributed by atoms with Crippen molar-refractivity contribution in [3.05, 3.63) is 46.5 Å². The van der Waals surface area contributed by atoms with E-state index >= 15 is 0 Å². The number of allylic oxidation sites excluding steroid dienone is 2. The molecule has 5 heteroatoms. The predicted octanol–water partition coefficient (Wildman–Crippen LogP) is 5.10. The van der Waals surface area contributed by atoms with Crippen molar-refractivity contribution in [2.24, 2.45) is 17.8 Å². The predicted molar refractivity (Wildman–Crippen MR) is 125 cm³/mol. The molecule has 1 aromatic carbocycles. The molecule has 5 nitrogen and oxygen atoms in total. The second kappa shape index (κ2) is 9.62. The van der Waals surface area contributed by atoms with Crippen LogP contribution in [0.4, 0.5) is 0 Å². The van der Waals surface area contributed by atoms with Crippen molar-refractivity contribution in [1.82, 2.24) is 4.90 Å². The van der Waals surface area contributed by atoms with E-state index < -0.39 is 0 Å². The number of hydrogen-bond acceptors (Lipinski definition) is 4. The number of phenolic OH excluding ortho intramolecular Hbond substituents is 1. The van der Waals surface area contributed by atoms with Crippen LogP contribution in [0.3, 0.4) is 0 Å². The van der Waals surface area contributed by atoms with E-state index in [1.807, 2.05) is 18.2 Å². The number of likely N-dealkylation sites (tertiary alicyclic amines) is 1. The average molecular weight is 438 g/mol. The fraction of sp³-hybridized carbons (Fsp3) is 0.556. The van der Waals surface area contributed by atoms with E-state index in [1.54, 1.807) is 13.1 Å². The Balaban J connectivity index is 1.56. The lowest BCUT2D eigenvalue weighted by Crippen LogP contribution is -2.34. The fourth-order valence-electron chi connectivity index (χ4n) is 5.91.